The summed E-state index contributed by atoms with van der Waals surface area (Å²) >= 11 is 6.15. The highest BCUT2D eigenvalue weighted by atomic mass is 35.5. The van der Waals surface area contributed by atoms with Crippen LogP contribution in [0.5, 0.6) is 0 Å². The number of oxazole rings is 1. The number of benzene rings is 2. The van der Waals surface area contributed by atoms with Gasteiger partial charge in [-0.15, -0.1) is 0 Å². The molecule has 11 heteroatoms. The summed E-state index contributed by atoms with van der Waals surface area (Å²) in [5, 5.41) is 2.76. The molecule has 4 rings (SSSR count). The van der Waals surface area contributed by atoms with Gasteiger partial charge in [0.15, 0.2) is 11.7 Å². The molecule has 1 saturated heterocycles. The summed E-state index contributed by atoms with van der Waals surface area (Å²) < 4.78 is 51.1. The molecular weight excluding hydrogens is 473 g/mol. The Hall–Kier alpha value is -2.79. The smallest absolute Gasteiger partial charge is 0.244 e. The maximum Gasteiger partial charge on any atom is 0.244 e. The van der Waals surface area contributed by atoms with E-state index in [0.29, 0.717) is 36.1 Å². The van der Waals surface area contributed by atoms with Gasteiger partial charge in [-0.2, -0.15) is 4.31 Å². The van der Waals surface area contributed by atoms with Crippen LogP contribution in [-0.4, -0.2) is 49.9 Å². The molecule has 33 heavy (non-hydrogen) atoms. The molecule has 1 aromatic heterocycles. The Bertz CT molecular complexity index is 1240. The van der Waals surface area contributed by atoms with Crippen molar-refractivity contribution in [3.63, 3.8) is 0 Å². The molecule has 2 heterocycles. The van der Waals surface area contributed by atoms with Crippen molar-refractivity contribution in [3.8, 4) is 11.3 Å². The van der Waals surface area contributed by atoms with Gasteiger partial charge in [0.2, 0.25) is 15.9 Å². The molecule has 1 aliphatic rings. The number of carbonyl (C=O) groups is 1. The lowest BCUT2D eigenvalue weighted by Gasteiger charge is -2.26. The van der Waals surface area contributed by atoms with Gasteiger partial charge in [-0.1, -0.05) is 11.6 Å². The van der Waals surface area contributed by atoms with E-state index in [-0.39, 0.29) is 47.6 Å². The number of ether oxygens (including phenoxy) is 1. The van der Waals surface area contributed by atoms with Crippen molar-refractivity contribution < 1.29 is 26.8 Å². The van der Waals surface area contributed by atoms with Crippen molar-refractivity contribution in [2.24, 2.45) is 0 Å². The highest BCUT2D eigenvalue weighted by molar-refractivity contribution is 7.89. The molecule has 1 aliphatic heterocycles. The van der Waals surface area contributed by atoms with E-state index in [4.69, 9.17) is 20.8 Å². The molecule has 0 saturated carbocycles. The van der Waals surface area contributed by atoms with Crippen LogP contribution < -0.4 is 5.32 Å². The van der Waals surface area contributed by atoms with Gasteiger partial charge in [0, 0.05) is 37.2 Å². The third-order valence-electron chi connectivity index (χ3n) is 5.05. The highest BCUT2D eigenvalue weighted by Gasteiger charge is 2.28. The van der Waals surface area contributed by atoms with Gasteiger partial charge in [-0.3, -0.25) is 4.79 Å². The minimum Gasteiger partial charge on any atom is -0.441 e. The van der Waals surface area contributed by atoms with Crippen LogP contribution in [0.2, 0.25) is 5.02 Å². The molecule has 3 aromatic rings. The zero-order chi connectivity index (χ0) is 23.4. The second-order valence-corrected chi connectivity index (χ2v) is 9.65. The standard InChI is InChI=1S/C22H21ClFN3O5S/c23-18-6-5-17(13-20(18)33(29,30)27-9-11-31-12-10-27)26-21(28)7-8-22-25-14-19(32-22)15-1-3-16(24)4-2-15/h1-6,13-14H,7-12H2,(H,26,28). The largest absolute Gasteiger partial charge is 0.441 e. The van der Waals surface area contributed by atoms with Crippen LogP contribution in [0.3, 0.4) is 0 Å². The van der Waals surface area contributed by atoms with E-state index in [2.05, 4.69) is 10.3 Å². The van der Waals surface area contributed by atoms with E-state index < -0.39 is 10.0 Å². The van der Waals surface area contributed by atoms with Gasteiger partial charge in [0.25, 0.3) is 0 Å². The van der Waals surface area contributed by atoms with E-state index in [1.165, 1.54) is 40.8 Å². The monoisotopic (exact) mass is 493 g/mol. The zero-order valence-electron chi connectivity index (χ0n) is 17.5. The SMILES string of the molecule is O=C(CCc1ncc(-c2ccc(F)cc2)o1)Nc1ccc(Cl)c(S(=O)(=O)N2CCOCC2)c1. The number of carbonyl (C=O) groups excluding carboxylic acids is 1. The number of nitrogens with one attached hydrogen (secondary N) is 1. The summed E-state index contributed by atoms with van der Waals surface area (Å²) in [5.74, 6) is 0.143. The first kappa shape index (κ1) is 23.4. The Kier molecular flexibility index (Phi) is 7.08. The molecule has 2 aromatic carbocycles. The fourth-order valence-electron chi connectivity index (χ4n) is 3.32. The molecule has 1 fully saturated rings. The second-order valence-electron chi connectivity index (χ2n) is 7.33. The maximum atomic E-state index is 13.1. The predicted octanol–water partition coefficient (Wildman–Crippen LogP) is 3.73. The molecule has 0 atom stereocenters. The van der Waals surface area contributed by atoms with Crippen LogP contribution in [0.1, 0.15) is 12.3 Å². The summed E-state index contributed by atoms with van der Waals surface area (Å²) in [6.45, 7) is 1.12. The van der Waals surface area contributed by atoms with Crippen LogP contribution in [0.15, 0.2) is 58.0 Å². The Morgan fingerprint density at radius 2 is 1.88 bits per heavy atom. The lowest BCUT2D eigenvalue weighted by Crippen LogP contribution is -2.40. The van der Waals surface area contributed by atoms with Crippen LogP contribution in [-0.2, 0) is 26.0 Å². The Morgan fingerprint density at radius 1 is 1.15 bits per heavy atom. The fraction of sp³-hybridized carbons (Fsp3) is 0.273. The summed E-state index contributed by atoms with van der Waals surface area (Å²) in [4.78, 5) is 16.5. The summed E-state index contributed by atoms with van der Waals surface area (Å²) in [5.41, 5.74) is 0.991. The molecule has 174 valence electrons. The average molecular weight is 494 g/mol. The second kappa shape index (κ2) is 10.0. The van der Waals surface area contributed by atoms with Gasteiger partial charge in [-0.05, 0) is 42.5 Å². The number of aromatic nitrogens is 1. The van der Waals surface area contributed by atoms with Gasteiger partial charge >= 0.3 is 0 Å². The molecule has 0 bridgehead atoms. The van der Waals surface area contributed by atoms with E-state index in [1.807, 2.05) is 0 Å². The van der Waals surface area contributed by atoms with Crippen LogP contribution in [0.4, 0.5) is 10.1 Å². The van der Waals surface area contributed by atoms with Crippen molar-refractivity contribution >= 4 is 33.2 Å². The molecule has 1 N–H and O–H groups in total. The molecule has 8 nitrogen and oxygen atoms in total. The lowest BCUT2D eigenvalue weighted by atomic mass is 10.2. The maximum absolute atomic E-state index is 13.1. The molecule has 0 unspecified atom stereocenters. The lowest BCUT2D eigenvalue weighted by molar-refractivity contribution is -0.116. The van der Waals surface area contributed by atoms with Gasteiger partial charge in [-0.25, -0.2) is 17.8 Å². The number of sulfonamides is 1. The first-order chi connectivity index (χ1) is 15.8. The Labute approximate surface area is 195 Å². The van der Waals surface area contributed by atoms with E-state index in [9.17, 15) is 17.6 Å². The van der Waals surface area contributed by atoms with Crippen LogP contribution in [0, 0.1) is 5.82 Å². The van der Waals surface area contributed by atoms with Gasteiger partial charge in [0.1, 0.15) is 10.7 Å². The fourth-order valence-corrected chi connectivity index (χ4v) is 5.23. The quantitative estimate of drug-likeness (QED) is 0.538. The number of morpholine rings is 1. The zero-order valence-corrected chi connectivity index (χ0v) is 19.0. The number of hydrogen-bond donors (Lipinski definition) is 1. The molecule has 0 spiro atoms. The van der Waals surface area contributed by atoms with Gasteiger partial charge in [0.05, 0.1) is 24.4 Å². The van der Waals surface area contributed by atoms with E-state index in [0.717, 1.165) is 0 Å². The first-order valence-electron chi connectivity index (χ1n) is 10.2. The number of hydrogen-bond acceptors (Lipinski definition) is 6. The number of rotatable bonds is 7. The molecule has 0 aliphatic carbocycles. The molecule has 0 radical (unpaired) electrons. The highest BCUT2D eigenvalue weighted by Crippen LogP contribution is 2.28. The number of halogens is 2. The van der Waals surface area contributed by atoms with Crippen molar-refractivity contribution in [1.82, 2.24) is 9.29 Å². The number of amides is 1. The third kappa shape index (κ3) is 5.59. The number of aryl methyl sites for hydroxylation is 1. The van der Waals surface area contributed by atoms with Crippen molar-refractivity contribution in [2.45, 2.75) is 17.7 Å². The van der Waals surface area contributed by atoms with Crippen LogP contribution in [0.25, 0.3) is 11.3 Å². The van der Waals surface area contributed by atoms with Crippen molar-refractivity contribution in [2.75, 3.05) is 31.6 Å². The third-order valence-corrected chi connectivity index (χ3v) is 7.43. The summed E-state index contributed by atoms with van der Waals surface area (Å²) in [6, 6.07) is 10.1. The number of anilines is 1. The van der Waals surface area contributed by atoms with E-state index in [1.54, 1.807) is 12.1 Å². The normalized spacial score (nSPS) is 14.8. The topological polar surface area (TPSA) is 102 Å². The van der Waals surface area contributed by atoms with Crippen molar-refractivity contribution in [3.05, 3.63) is 65.4 Å². The average Bonchev–Trinajstić information content (AvgIpc) is 3.29. The minimum atomic E-state index is -3.81. The van der Waals surface area contributed by atoms with Gasteiger partial charge < -0.3 is 14.5 Å². The molecule has 1 amide bonds. The first-order valence-corrected chi connectivity index (χ1v) is 12.0. The Morgan fingerprint density at radius 3 is 2.61 bits per heavy atom. The number of nitrogens with zero attached hydrogens (tertiary/aromatic N) is 2. The predicted molar refractivity (Wildman–Crippen MR) is 120 cm³/mol. The summed E-state index contributed by atoms with van der Waals surface area (Å²) in [7, 11) is -3.81. The molecular formula is C22H21ClFN3O5S. The minimum absolute atomic E-state index is 0.0670. The Balaban J connectivity index is 1.39. The summed E-state index contributed by atoms with van der Waals surface area (Å²) in [6.07, 6.45) is 1.82. The van der Waals surface area contributed by atoms with Crippen molar-refractivity contribution in [1.29, 1.82) is 0 Å². The van der Waals surface area contributed by atoms with E-state index >= 15 is 0 Å². The van der Waals surface area contributed by atoms with Crippen LogP contribution >= 0.6 is 11.6 Å².